The van der Waals surface area contributed by atoms with E-state index in [0.29, 0.717) is 24.5 Å². The minimum absolute atomic E-state index is 0.0192. The molecule has 0 radical (unpaired) electrons. The van der Waals surface area contributed by atoms with Crippen LogP contribution in [0.15, 0.2) is 24.3 Å². The van der Waals surface area contributed by atoms with Crippen molar-refractivity contribution in [3.05, 3.63) is 34.9 Å². The molecule has 1 aromatic rings. The van der Waals surface area contributed by atoms with Gasteiger partial charge in [-0.2, -0.15) is 17.0 Å². The highest BCUT2D eigenvalue weighted by Gasteiger charge is 2.34. The van der Waals surface area contributed by atoms with Crippen LogP contribution in [0.5, 0.6) is 0 Å². The van der Waals surface area contributed by atoms with E-state index in [1.807, 2.05) is 26.0 Å². The first-order chi connectivity index (χ1) is 10.8. The lowest BCUT2D eigenvalue weighted by Crippen LogP contribution is -2.52. The second-order valence-electron chi connectivity index (χ2n) is 5.84. The fraction of sp³-hybridized carbons (Fsp3) is 0.533. The Morgan fingerprint density at radius 1 is 1.26 bits per heavy atom. The molecule has 0 unspecified atom stereocenters. The summed E-state index contributed by atoms with van der Waals surface area (Å²) >= 11 is 6.12. The average Bonchev–Trinajstić information content (AvgIpc) is 2.45. The number of hydrogen-bond acceptors (Lipinski definition) is 3. The molecular weight excluding hydrogens is 338 g/mol. The Labute approximate surface area is 142 Å². The van der Waals surface area contributed by atoms with Gasteiger partial charge in [-0.3, -0.25) is 4.79 Å². The Bertz CT molecular complexity index is 664. The molecular formula is C15H22ClN3O3S. The van der Waals surface area contributed by atoms with E-state index in [1.165, 1.54) is 8.61 Å². The predicted octanol–water partition coefficient (Wildman–Crippen LogP) is 1.62. The monoisotopic (exact) mass is 359 g/mol. The smallest absolute Gasteiger partial charge is 0.282 e. The maximum atomic E-state index is 12.7. The third-order valence-electron chi connectivity index (χ3n) is 3.54. The molecule has 0 aliphatic carbocycles. The first kappa shape index (κ1) is 18.2. The van der Waals surface area contributed by atoms with Crippen molar-refractivity contribution >= 4 is 27.7 Å². The number of nitrogens with zero attached hydrogens (tertiary/aromatic N) is 2. The lowest BCUT2D eigenvalue weighted by molar-refractivity contribution is -0.121. The quantitative estimate of drug-likeness (QED) is 0.868. The van der Waals surface area contributed by atoms with Crippen LogP contribution in [0, 0.1) is 0 Å². The summed E-state index contributed by atoms with van der Waals surface area (Å²) in [7, 11) is -3.66. The van der Waals surface area contributed by atoms with Gasteiger partial charge < -0.3 is 5.32 Å². The number of nitrogens with one attached hydrogen (secondary N) is 1. The molecule has 1 fully saturated rings. The van der Waals surface area contributed by atoms with Crippen molar-refractivity contribution in [3.8, 4) is 0 Å². The highest BCUT2D eigenvalue weighted by Crippen LogP contribution is 2.22. The van der Waals surface area contributed by atoms with Crippen LogP contribution >= 0.6 is 11.6 Å². The molecule has 2 rings (SSSR count). The number of benzene rings is 1. The molecule has 1 aromatic carbocycles. The van der Waals surface area contributed by atoms with Gasteiger partial charge in [-0.1, -0.05) is 29.8 Å². The largest absolute Gasteiger partial charge is 0.353 e. The number of halogens is 1. The molecule has 1 saturated heterocycles. The summed E-state index contributed by atoms with van der Waals surface area (Å²) in [6.07, 6.45) is 0.679. The molecule has 6 nitrogen and oxygen atoms in total. The topological polar surface area (TPSA) is 69.7 Å². The summed E-state index contributed by atoms with van der Waals surface area (Å²) in [6.45, 7) is 4.52. The summed E-state index contributed by atoms with van der Waals surface area (Å²) in [5.74, 6) is -0.289. The second-order valence-corrected chi connectivity index (χ2v) is 8.18. The Kier molecular flexibility index (Phi) is 6.02. The highest BCUT2D eigenvalue weighted by molar-refractivity contribution is 7.86. The van der Waals surface area contributed by atoms with Gasteiger partial charge in [0, 0.05) is 30.7 Å². The van der Waals surface area contributed by atoms with Crippen LogP contribution in [0.4, 0.5) is 0 Å². The van der Waals surface area contributed by atoms with E-state index in [1.54, 1.807) is 12.1 Å². The zero-order chi connectivity index (χ0) is 17.0. The number of carbonyl (C=O) groups excluding carboxylic acids is 1. The Balaban J connectivity index is 2.10. The molecule has 0 atom stereocenters. The molecule has 1 aliphatic heterocycles. The minimum atomic E-state index is -3.66. The summed E-state index contributed by atoms with van der Waals surface area (Å²) in [6, 6.07) is 7.16. The first-order valence-electron chi connectivity index (χ1n) is 7.58. The van der Waals surface area contributed by atoms with Gasteiger partial charge in [0.05, 0.1) is 6.54 Å². The number of rotatable bonds is 5. The molecule has 8 heteroatoms. The summed E-state index contributed by atoms with van der Waals surface area (Å²) in [4.78, 5) is 11.9. The number of carbonyl (C=O) groups is 1. The first-order valence-corrected chi connectivity index (χ1v) is 9.36. The fourth-order valence-electron chi connectivity index (χ4n) is 2.48. The van der Waals surface area contributed by atoms with E-state index < -0.39 is 10.2 Å². The molecule has 1 amide bonds. The fourth-order valence-corrected chi connectivity index (χ4v) is 4.31. The SMILES string of the molecule is CC(C)NC(=O)CN1CCCN(Cc2ccccc2Cl)S1(=O)=O. The zero-order valence-electron chi connectivity index (χ0n) is 13.3. The van der Waals surface area contributed by atoms with Gasteiger partial charge in [-0.05, 0) is 31.9 Å². The predicted molar refractivity (Wildman–Crippen MR) is 90.3 cm³/mol. The zero-order valence-corrected chi connectivity index (χ0v) is 14.9. The third kappa shape index (κ3) is 4.67. The molecule has 1 N–H and O–H groups in total. The van der Waals surface area contributed by atoms with Crippen molar-refractivity contribution in [2.75, 3.05) is 19.6 Å². The summed E-state index contributed by atoms with van der Waals surface area (Å²) < 4.78 is 28.0. The Hall–Kier alpha value is -1.15. The van der Waals surface area contributed by atoms with Gasteiger partial charge in [-0.25, -0.2) is 0 Å². The van der Waals surface area contributed by atoms with Gasteiger partial charge in [0.25, 0.3) is 10.2 Å². The minimum Gasteiger partial charge on any atom is -0.353 e. The van der Waals surface area contributed by atoms with Crippen molar-refractivity contribution < 1.29 is 13.2 Å². The highest BCUT2D eigenvalue weighted by atomic mass is 35.5. The molecule has 0 spiro atoms. The molecule has 0 aromatic heterocycles. The molecule has 128 valence electrons. The standard InChI is InChI=1S/C15H22ClN3O3S/c1-12(2)17-15(20)11-19-9-5-8-18(23(19,21)22)10-13-6-3-4-7-14(13)16/h3-4,6-7,12H,5,8-11H2,1-2H3,(H,17,20). The van der Waals surface area contributed by atoms with E-state index in [-0.39, 0.29) is 25.0 Å². The van der Waals surface area contributed by atoms with Crippen molar-refractivity contribution in [3.63, 3.8) is 0 Å². The Morgan fingerprint density at radius 2 is 1.91 bits per heavy atom. The summed E-state index contributed by atoms with van der Waals surface area (Å²) in [5.41, 5.74) is 0.756. The van der Waals surface area contributed by atoms with Gasteiger partial charge in [-0.15, -0.1) is 0 Å². The average molecular weight is 360 g/mol. The van der Waals surface area contributed by atoms with E-state index in [9.17, 15) is 13.2 Å². The van der Waals surface area contributed by atoms with Gasteiger partial charge in [0.15, 0.2) is 0 Å². The number of hydrogen-bond donors (Lipinski definition) is 1. The van der Waals surface area contributed by atoms with E-state index in [4.69, 9.17) is 11.6 Å². The maximum absolute atomic E-state index is 12.7. The van der Waals surface area contributed by atoms with E-state index in [0.717, 1.165) is 5.56 Å². The molecule has 1 heterocycles. The molecule has 0 saturated carbocycles. The van der Waals surface area contributed by atoms with Crippen LogP contribution in [0.25, 0.3) is 0 Å². The van der Waals surface area contributed by atoms with Crippen LogP contribution in [-0.2, 0) is 21.5 Å². The van der Waals surface area contributed by atoms with Crippen LogP contribution in [0.3, 0.4) is 0 Å². The normalized spacial score (nSPS) is 19.0. The lowest BCUT2D eigenvalue weighted by atomic mass is 10.2. The molecule has 23 heavy (non-hydrogen) atoms. The summed E-state index contributed by atoms with van der Waals surface area (Å²) in [5, 5.41) is 3.26. The van der Waals surface area contributed by atoms with Crippen LogP contribution in [0.1, 0.15) is 25.8 Å². The molecule has 0 bridgehead atoms. The number of amides is 1. The van der Waals surface area contributed by atoms with Crippen molar-refractivity contribution in [2.45, 2.75) is 32.9 Å². The van der Waals surface area contributed by atoms with Gasteiger partial charge >= 0.3 is 0 Å². The van der Waals surface area contributed by atoms with Gasteiger partial charge in [0.1, 0.15) is 0 Å². The molecule has 1 aliphatic rings. The second kappa shape index (κ2) is 7.61. The maximum Gasteiger partial charge on any atom is 0.282 e. The Morgan fingerprint density at radius 3 is 2.57 bits per heavy atom. The van der Waals surface area contributed by atoms with Crippen molar-refractivity contribution in [1.82, 2.24) is 13.9 Å². The van der Waals surface area contributed by atoms with Crippen LogP contribution in [0.2, 0.25) is 5.02 Å². The van der Waals surface area contributed by atoms with Crippen LogP contribution in [-0.4, -0.2) is 48.6 Å². The van der Waals surface area contributed by atoms with E-state index >= 15 is 0 Å². The van der Waals surface area contributed by atoms with Crippen molar-refractivity contribution in [1.29, 1.82) is 0 Å². The van der Waals surface area contributed by atoms with Gasteiger partial charge in [0.2, 0.25) is 5.91 Å². The van der Waals surface area contributed by atoms with E-state index in [2.05, 4.69) is 5.32 Å². The van der Waals surface area contributed by atoms with Crippen molar-refractivity contribution in [2.24, 2.45) is 0 Å². The lowest BCUT2D eigenvalue weighted by Gasteiger charge is -2.34. The van der Waals surface area contributed by atoms with Crippen LogP contribution < -0.4 is 5.32 Å². The third-order valence-corrected chi connectivity index (χ3v) is 5.84.